The molecule has 0 aromatic heterocycles. The summed E-state index contributed by atoms with van der Waals surface area (Å²) < 4.78 is 5.10. The van der Waals surface area contributed by atoms with E-state index in [0.29, 0.717) is 18.5 Å². The molecule has 90 valence electrons. The fourth-order valence-electron chi connectivity index (χ4n) is 1.91. The van der Waals surface area contributed by atoms with Gasteiger partial charge in [0.1, 0.15) is 5.75 Å². The SMILES string of the molecule is COc1ccc(CC2(O)C=CC(N)=CC2)cc1. The van der Waals surface area contributed by atoms with Crippen LogP contribution >= 0.6 is 0 Å². The molecule has 0 saturated heterocycles. The zero-order valence-electron chi connectivity index (χ0n) is 9.89. The summed E-state index contributed by atoms with van der Waals surface area (Å²) in [5.41, 5.74) is 6.60. The van der Waals surface area contributed by atoms with E-state index in [4.69, 9.17) is 10.5 Å². The van der Waals surface area contributed by atoms with Crippen molar-refractivity contribution in [3.8, 4) is 5.75 Å². The molecular weight excluding hydrogens is 214 g/mol. The molecule has 0 fully saturated rings. The number of hydrogen-bond acceptors (Lipinski definition) is 3. The van der Waals surface area contributed by atoms with Gasteiger partial charge in [-0.15, -0.1) is 0 Å². The van der Waals surface area contributed by atoms with Crippen molar-refractivity contribution in [1.29, 1.82) is 0 Å². The van der Waals surface area contributed by atoms with Gasteiger partial charge in [-0.25, -0.2) is 0 Å². The molecule has 0 heterocycles. The average Bonchev–Trinajstić information content (AvgIpc) is 2.34. The minimum Gasteiger partial charge on any atom is -0.497 e. The van der Waals surface area contributed by atoms with Crippen LogP contribution in [-0.2, 0) is 6.42 Å². The van der Waals surface area contributed by atoms with Crippen LogP contribution in [-0.4, -0.2) is 17.8 Å². The van der Waals surface area contributed by atoms with E-state index in [2.05, 4.69) is 0 Å². The van der Waals surface area contributed by atoms with E-state index < -0.39 is 5.60 Å². The first kappa shape index (κ1) is 11.7. The van der Waals surface area contributed by atoms with Crippen LogP contribution in [0.3, 0.4) is 0 Å². The van der Waals surface area contributed by atoms with Gasteiger partial charge in [-0.3, -0.25) is 0 Å². The van der Waals surface area contributed by atoms with Crippen LogP contribution in [0.2, 0.25) is 0 Å². The Morgan fingerprint density at radius 3 is 2.59 bits per heavy atom. The molecule has 0 saturated carbocycles. The summed E-state index contributed by atoms with van der Waals surface area (Å²) in [7, 11) is 1.64. The van der Waals surface area contributed by atoms with Gasteiger partial charge in [-0.05, 0) is 23.8 Å². The number of nitrogens with two attached hydrogens (primary N) is 1. The summed E-state index contributed by atoms with van der Waals surface area (Å²) in [6.45, 7) is 0. The van der Waals surface area contributed by atoms with Crippen molar-refractivity contribution in [2.45, 2.75) is 18.4 Å². The largest absolute Gasteiger partial charge is 0.497 e. The normalized spacial score (nSPS) is 23.3. The van der Waals surface area contributed by atoms with E-state index in [0.717, 1.165) is 11.3 Å². The fraction of sp³-hybridized carbons (Fsp3) is 0.286. The van der Waals surface area contributed by atoms with E-state index in [1.54, 1.807) is 19.3 Å². The Morgan fingerprint density at radius 2 is 2.06 bits per heavy atom. The van der Waals surface area contributed by atoms with Crippen LogP contribution < -0.4 is 10.5 Å². The highest BCUT2D eigenvalue weighted by atomic mass is 16.5. The van der Waals surface area contributed by atoms with Gasteiger partial charge >= 0.3 is 0 Å². The Kier molecular flexibility index (Phi) is 3.20. The first-order chi connectivity index (χ1) is 8.11. The molecule has 17 heavy (non-hydrogen) atoms. The van der Waals surface area contributed by atoms with E-state index >= 15 is 0 Å². The number of allylic oxidation sites excluding steroid dienone is 1. The van der Waals surface area contributed by atoms with Crippen molar-refractivity contribution in [1.82, 2.24) is 0 Å². The lowest BCUT2D eigenvalue weighted by Crippen LogP contribution is -2.30. The third kappa shape index (κ3) is 2.88. The average molecular weight is 231 g/mol. The monoisotopic (exact) mass is 231 g/mol. The molecule has 1 atom stereocenters. The van der Waals surface area contributed by atoms with Gasteiger partial charge in [-0.2, -0.15) is 0 Å². The van der Waals surface area contributed by atoms with Gasteiger partial charge in [0.25, 0.3) is 0 Å². The van der Waals surface area contributed by atoms with E-state index in [1.165, 1.54) is 0 Å². The lowest BCUT2D eigenvalue weighted by molar-refractivity contribution is 0.0929. The number of rotatable bonds is 3. The Bertz CT molecular complexity index is 448. The number of benzene rings is 1. The highest BCUT2D eigenvalue weighted by Gasteiger charge is 2.24. The summed E-state index contributed by atoms with van der Waals surface area (Å²) in [5, 5.41) is 10.4. The maximum absolute atomic E-state index is 10.4. The Labute approximate surface area is 101 Å². The van der Waals surface area contributed by atoms with Crippen LogP contribution in [0.1, 0.15) is 12.0 Å². The Hall–Kier alpha value is -1.74. The van der Waals surface area contributed by atoms with Crippen LogP contribution in [0.5, 0.6) is 5.75 Å². The van der Waals surface area contributed by atoms with Crippen LogP contribution in [0.4, 0.5) is 0 Å². The van der Waals surface area contributed by atoms with Gasteiger partial charge < -0.3 is 15.6 Å². The molecule has 0 spiro atoms. The molecule has 3 nitrogen and oxygen atoms in total. The summed E-state index contributed by atoms with van der Waals surface area (Å²) in [6.07, 6.45) is 6.52. The summed E-state index contributed by atoms with van der Waals surface area (Å²) >= 11 is 0. The predicted molar refractivity (Wildman–Crippen MR) is 67.7 cm³/mol. The molecule has 1 aliphatic rings. The van der Waals surface area contributed by atoms with Gasteiger partial charge in [0.2, 0.25) is 0 Å². The molecule has 3 N–H and O–H groups in total. The molecule has 1 aromatic rings. The lowest BCUT2D eigenvalue weighted by atomic mass is 9.88. The minimum absolute atomic E-state index is 0.557. The molecular formula is C14H17NO2. The van der Waals surface area contributed by atoms with E-state index in [9.17, 15) is 5.11 Å². The fourth-order valence-corrected chi connectivity index (χ4v) is 1.91. The van der Waals surface area contributed by atoms with Crippen molar-refractivity contribution in [2.75, 3.05) is 7.11 Å². The van der Waals surface area contributed by atoms with Crippen molar-refractivity contribution in [3.63, 3.8) is 0 Å². The van der Waals surface area contributed by atoms with Crippen molar-refractivity contribution in [3.05, 3.63) is 53.8 Å². The second-order valence-electron chi connectivity index (χ2n) is 4.37. The quantitative estimate of drug-likeness (QED) is 0.833. The number of aliphatic hydroxyl groups is 1. The summed E-state index contributed by atoms with van der Waals surface area (Å²) in [4.78, 5) is 0. The minimum atomic E-state index is -0.822. The summed E-state index contributed by atoms with van der Waals surface area (Å²) in [6, 6.07) is 7.73. The predicted octanol–water partition coefficient (Wildman–Crippen LogP) is 1.77. The molecule has 1 aliphatic carbocycles. The highest BCUT2D eigenvalue weighted by Crippen LogP contribution is 2.24. The van der Waals surface area contributed by atoms with Gasteiger partial charge in [0, 0.05) is 18.5 Å². The molecule has 1 aromatic carbocycles. The Balaban J connectivity index is 2.08. The zero-order chi connectivity index (χ0) is 12.3. The van der Waals surface area contributed by atoms with Crippen molar-refractivity contribution in [2.24, 2.45) is 5.73 Å². The standard InChI is InChI=1S/C14H17NO2/c1-17-13-4-2-11(3-5-13)10-14(16)8-6-12(15)7-9-14/h2-8,16H,9-10,15H2,1H3. The number of hydrogen-bond donors (Lipinski definition) is 2. The second kappa shape index (κ2) is 4.63. The maximum atomic E-state index is 10.4. The van der Waals surface area contributed by atoms with Crippen LogP contribution in [0, 0.1) is 0 Å². The third-order valence-corrected chi connectivity index (χ3v) is 2.95. The topological polar surface area (TPSA) is 55.5 Å². The van der Waals surface area contributed by atoms with Gasteiger partial charge in [-0.1, -0.05) is 24.3 Å². The van der Waals surface area contributed by atoms with Crippen LogP contribution in [0.15, 0.2) is 48.2 Å². The molecule has 3 heteroatoms. The van der Waals surface area contributed by atoms with Gasteiger partial charge in [0.15, 0.2) is 0 Å². The maximum Gasteiger partial charge on any atom is 0.118 e. The lowest BCUT2D eigenvalue weighted by Gasteiger charge is -2.26. The molecule has 0 radical (unpaired) electrons. The van der Waals surface area contributed by atoms with Gasteiger partial charge in [0.05, 0.1) is 12.7 Å². The third-order valence-electron chi connectivity index (χ3n) is 2.95. The molecule has 1 unspecified atom stereocenters. The zero-order valence-corrected chi connectivity index (χ0v) is 9.89. The summed E-state index contributed by atoms with van der Waals surface area (Å²) in [5.74, 6) is 0.823. The number of ether oxygens (including phenoxy) is 1. The molecule has 0 amide bonds. The molecule has 0 aliphatic heterocycles. The molecule has 0 bridgehead atoms. The smallest absolute Gasteiger partial charge is 0.118 e. The molecule has 2 rings (SSSR count). The van der Waals surface area contributed by atoms with E-state index in [-0.39, 0.29) is 0 Å². The first-order valence-corrected chi connectivity index (χ1v) is 5.61. The van der Waals surface area contributed by atoms with Crippen LogP contribution in [0.25, 0.3) is 0 Å². The first-order valence-electron chi connectivity index (χ1n) is 5.61. The Morgan fingerprint density at radius 1 is 1.35 bits per heavy atom. The number of methoxy groups -OCH3 is 1. The highest BCUT2D eigenvalue weighted by molar-refractivity contribution is 5.31. The van der Waals surface area contributed by atoms with Crippen molar-refractivity contribution >= 4 is 0 Å². The van der Waals surface area contributed by atoms with E-state index in [1.807, 2.05) is 30.3 Å². The second-order valence-corrected chi connectivity index (χ2v) is 4.37. The van der Waals surface area contributed by atoms with Crippen molar-refractivity contribution < 1.29 is 9.84 Å².